The standard InChI is InChI=1S/C25H24Cl6N4/c1-2-3-4-5-6-9-14-35-19-11-8-7-10-17(19)18-15-16(12-13-20(18)35)21-32-22(24(26,27)28)34-23(33-21)25(29,30)31/h7-8,10-13,15H,2-6,9,14H2,1H3. The van der Waals surface area contributed by atoms with Gasteiger partial charge in [-0.2, -0.15) is 0 Å². The summed E-state index contributed by atoms with van der Waals surface area (Å²) in [5, 5.41) is 2.22. The summed E-state index contributed by atoms with van der Waals surface area (Å²) in [6.45, 7) is 3.19. The Hall–Kier alpha value is -1.01. The molecule has 2 heterocycles. The van der Waals surface area contributed by atoms with Gasteiger partial charge in [-0.15, -0.1) is 0 Å². The lowest BCUT2D eigenvalue weighted by Crippen LogP contribution is -2.16. The van der Waals surface area contributed by atoms with E-state index < -0.39 is 7.59 Å². The van der Waals surface area contributed by atoms with Crippen molar-refractivity contribution in [3.05, 3.63) is 54.1 Å². The second-order valence-electron chi connectivity index (χ2n) is 8.47. The number of rotatable bonds is 8. The smallest absolute Gasteiger partial charge is 0.250 e. The quantitative estimate of drug-likeness (QED) is 0.151. The van der Waals surface area contributed by atoms with Gasteiger partial charge in [-0.25, -0.2) is 15.0 Å². The molecule has 35 heavy (non-hydrogen) atoms. The third-order valence-corrected chi connectivity index (χ3v) is 6.92. The molecule has 2 aromatic heterocycles. The fourth-order valence-electron chi connectivity index (χ4n) is 4.24. The number of nitrogens with zero attached hydrogens (tertiary/aromatic N) is 4. The number of unbranched alkanes of at least 4 members (excludes halogenated alkanes) is 5. The summed E-state index contributed by atoms with van der Waals surface area (Å²) < 4.78 is -1.43. The number of benzene rings is 2. The molecule has 10 heteroatoms. The van der Waals surface area contributed by atoms with Crippen molar-refractivity contribution in [1.82, 2.24) is 19.5 Å². The summed E-state index contributed by atoms with van der Waals surface area (Å²) >= 11 is 36.3. The van der Waals surface area contributed by atoms with Crippen LogP contribution in [0.15, 0.2) is 42.5 Å². The molecule has 0 N–H and O–H groups in total. The molecule has 0 fully saturated rings. The second kappa shape index (κ2) is 11.2. The first-order valence-corrected chi connectivity index (χ1v) is 13.8. The Kier molecular flexibility index (Phi) is 8.62. The third kappa shape index (κ3) is 6.29. The Morgan fingerprint density at radius 2 is 1.29 bits per heavy atom. The molecular formula is C25H24Cl6N4. The highest BCUT2D eigenvalue weighted by Crippen LogP contribution is 2.41. The number of aromatic nitrogens is 4. The van der Waals surface area contributed by atoms with Gasteiger partial charge < -0.3 is 4.57 Å². The molecule has 0 saturated heterocycles. The van der Waals surface area contributed by atoms with E-state index in [1.165, 1.54) is 37.6 Å². The number of alkyl halides is 6. The van der Waals surface area contributed by atoms with Crippen molar-refractivity contribution >= 4 is 91.4 Å². The molecule has 186 valence electrons. The van der Waals surface area contributed by atoms with Crippen molar-refractivity contribution in [2.75, 3.05) is 0 Å². The lowest BCUT2D eigenvalue weighted by Gasteiger charge is -2.15. The Morgan fingerprint density at radius 1 is 0.686 bits per heavy atom. The SMILES string of the molecule is CCCCCCCCn1c2ccccc2c2cc(-c3nc(C(Cl)(Cl)Cl)nc(C(Cl)(Cl)Cl)n3)ccc21. The molecule has 0 spiro atoms. The molecule has 0 amide bonds. The fraction of sp³-hybridized carbons (Fsp3) is 0.400. The van der Waals surface area contributed by atoms with Gasteiger partial charge in [0, 0.05) is 33.9 Å². The predicted octanol–water partition coefficient (Wildman–Crippen LogP) is 9.66. The van der Waals surface area contributed by atoms with E-state index >= 15 is 0 Å². The summed E-state index contributed by atoms with van der Waals surface area (Å²) in [5.41, 5.74) is 3.03. The number of halogens is 6. The number of hydrogen-bond donors (Lipinski definition) is 0. The fourth-order valence-corrected chi connectivity index (χ4v) is 4.75. The largest absolute Gasteiger partial charge is 0.340 e. The minimum atomic E-state index is -1.90. The van der Waals surface area contributed by atoms with Gasteiger partial charge >= 0.3 is 0 Å². The van der Waals surface area contributed by atoms with Crippen LogP contribution >= 0.6 is 69.6 Å². The molecule has 0 atom stereocenters. The van der Waals surface area contributed by atoms with Crippen LogP contribution < -0.4 is 0 Å². The van der Waals surface area contributed by atoms with Crippen LogP contribution in [0.4, 0.5) is 0 Å². The van der Waals surface area contributed by atoms with Gasteiger partial charge in [0.2, 0.25) is 7.59 Å². The Bertz CT molecular complexity index is 1290. The van der Waals surface area contributed by atoms with Gasteiger partial charge in [0.15, 0.2) is 17.5 Å². The van der Waals surface area contributed by atoms with Crippen molar-refractivity contribution in [2.45, 2.75) is 59.6 Å². The number of aryl methyl sites for hydroxylation is 1. The maximum absolute atomic E-state index is 6.05. The summed E-state index contributed by atoms with van der Waals surface area (Å²) in [4.78, 5) is 12.8. The Labute approximate surface area is 234 Å². The summed E-state index contributed by atoms with van der Waals surface area (Å²) in [7, 11) is 0. The van der Waals surface area contributed by atoms with Crippen molar-refractivity contribution in [2.24, 2.45) is 0 Å². The summed E-state index contributed by atoms with van der Waals surface area (Å²) in [5.74, 6) is 0.0381. The van der Waals surface area contributed by atoms with Crippen molar-refractivity contribution in [3.8, 4) is 11.4 Å². The average molecular weight is 593 g/mol. The first kappa shape index (κ1) is 27.0. The van der Waals surface area contributed by atoms with Crippen LogP contribution in [-0.2, 0) is 14.1 Å². The monoisotopic (exact) mass is 590 g/mol. The van der Waals surface area contributed by atoms with Gasteiger partial charge in [0.05, 0.1) is 0 Å². The van der Waals surface area contributed by atoms with Crippen LogP contribution in [0.2, 0.25) is 0 Å². The zero-order chi connectivity index (χ0) is 25.2. The molecule has 0 saturated carbocycles. The molecule has 4 aromatic rings. The first-order chi connectivity index (χ1) is 16.6. The van der Waals surface area contributed by atoms with Crippen LogP contribution in [0.3, 0.4) is 0 Å². The topological polar surface area (TPSA) is 43.6 Å². The molecule has 4 rings (SSSR count). The summed E-state index contributed by atoms with van der Waals surface area (Å²) in [6, 6.07) is 14.4. The summed E-state index contributed by atoms with van der Waals surface area (Å²) in [6.07, 6.45) is 7.47. The van der Waals surface area contributed by atoms with Crippen molar-refractivity contribution < 1.29 is 0 Å². The van der Waals surface area contributed by atoms with E-state index in [1.807, 2.05) is 18.2 Å². The lowest BCUT2D eigenvalue weighted by atomic mass is 10.1. The Balaban J connectivity index is 1.76. The van der Waals surface area contributed by atoms with Crippen LogP contribution in [0.25, 0.3) is 33.2 Å². The molecule has 0 bridgehead atoms. The van der Waals surface area contributed by atoms with Crippen molar-refractivity contribution in [1.29, 1.82) is 0 Å². The van der Waals surface area contributed by atoms with E-state index in [-0.39, 0.29) is 17.5 Å². The van der Waals surface area contributed by atoms with Gasteiger partial charge in [-0.05, 0) is 30.7 Å². The maximum Gasteiger partial charge on any atom is 0.250 e. The van der Waals surface area contributed by atoms with Gasteiger partial charge in [0.25, 0.3) is 0 Å². The van der Waals surface area contributed by atoms with E-state index in [9.17, 15) is 0 Å². The molecular weight excluding hydrogens is 569 g/mol. The van der Waals surface area contributed by atoms with E-state index in [4.69, 9.17) is 69.6 Å². The highest BCUT2D eigenvalue weighted by Gasteiger charge is 2.34. The normalized spacial score (nSPS) is 12.7. The Morgan fingerprint density at radius 3 is 1.94 bits per heavy atom. The van der Waals surface area contributed by atoms with Crippen LogP contribution in [-0.4, -0.2) is 19.5 Å². The highest BCUT2D eigenvalue weighted by molar-refractivity contribution is 6.67. The van der Waals surface area contributed by atoms with Crippen LogP contribution in [0, 0.1) is 0 Å². The molecule has 0 aliphatic carbocycles. The zero-order valence-corrected chi connectivity index (χ0v) is 23.6. The van der Waals surface area contributed by atoms with E-state index in [0.717, 1.165) is 29.3 Å². The molecule has 0 aliphatic rings. The molecule has 0 aliphatic heterocycles. The molecule has 2 aromatic carbocycles. The average Bonchev–Trinajstić information content (AvgIpc) is 3.13. The third-order valence-electron chi connectivity index (χ3n) is 5.91. The molecule has 0 unspecified atom stereocenters. The number of hydrogen-bond acceptors (Lipinski definition) is 3. The second-order valence-corrected chi connectivity index (χ2v) is 13.0. The zero-order valence-electron chi connectivity index (χ0n) is 19.0. The van der Waals surface area contributed by atoms with Gasteiger partial charge in [-0.1, -0.05) is 127 Å². The number of para-hydroxylation sites is 1. The van der Waals surface area contributed by atoms with Crippen LogP contribution in [0.5, 0.6) is 0 Å². The number of fused-ring (bicyclic) bond motifs is 3. The van der Waals surface area contributed by atoms with Gasteiger partial charge in [-0.3, -0.25) is 0 Å². The lowest BCUT2D eigenvalue weighted by molar-refractivity contribution is 0.571. The van der Waals surface area contributed by atoms with Crippen molar-refractivity contribution in [3.63, 3.8) is 0 Å². The maximum atomic E-state index is 6.05. The minimum absolute atomic E-state index is 0.112. The predicted molar refractivity (Wildman–Crippen MR) is 150 cm³/mol. The first-order valence-electron chi connectivity index (χ1n) is 11.5. The van der Waals surface area contributed by atoms with E-state index in [0.29, 0.717) is 5.56 Å². The molecule has 0 radical (unpaired) electrons. The van der Waals surface area contributed by atoms with Gasteiger partial charge in [0.1, 0.15) is 0 Å². The van der Waals surface area contributed by atoms with E-state index in [1.54, 1.807) is 0 Å². The van der Waals surface area contributed by atoms with E-state index in [2.05, 4.69) is 50.7 Å². The highest BCUT2D eigenvalue weighted by atomic mass is 35.6. The van der Waals surface area contributed by atoms with Crippen LogP contribution in [0.1, 0.15) is 57.1 Å². The minimum Gasteiger partial charge on any atom is -0.340 e. The molecule has 4 nitrogen and oxygen atoms in total.